The van der Waals surface area contributed by atoms with Gasteiger partial charge < -0.3 is 10.0 Å². The van der Waals surface area contributed by atoms with Gasteiger partial charge in [0.1, 0.15) is 6.04 Å². The zero-order chi connectivity index (χ0) is 27.4. The molecule has 1 unspecified atom stereocenters. The van der Waals surface area contributed by atoms with Crippen molar-refractivity contribution in [1.82, 2.24) is 10.3 Å². The molecule has 6 heteroatoms. The molecule has 196 valence electrons. The molecule has 39 heavy (non-hydrogen) atoms. The van der Waals surface area contributed by atoms with E-state index in [4.69, 9.17) is 0 Å². The second kappa shape index (κ2) is 11.4. The maximum atomic E-state index is 13.0. The van der Waals surface area contributed by atoms with E-state index in [1.54, 1.807) is 0 Å². The third-order valence-electron chi connectivity index (χ3n) is 7.13. The van der Waals surface area contributed by atoms with E-state index in [2.05, 4.69) is 32.3 Å². The minimum atomic E-state index is -0.921. The van der Waals surface area contributed by atoms with Crippen LogP contribution in [0.4, 0.5) is 5.69 Å². The number of anilines is 1. The van der Waals surface area contributed by atoms with Gasteiger partial charge in [-0.1, -0.05) is 97.1 Å². The van der Waals surface area contributed by atoms with Crippen molar-refractivity contribution >= 4 is 38.5 Å². The van der Waals surface area contributed by atoms with E-state index >= 15 is 0 Å². The monoisotopic (exact) mass is 579 g/mol. The largest absolute Gasteiger partial charge is 0.480 e. The summed E-state index contributed by atoms with van der Waals surface area (Å²) < 4.78 is 0.874. The summed E-state index contributed by atoms with van der Waals surface area (Å²) in [5, 5.41) is 15.2. The Labute approximate surface area is 237 Å². The number of carbonyl (C=O) groups is 1. The molecule has 5 aromatic rings. The molecule has 4 aromatic carbocycles. The summed E-state index contributed by atoms with van der Waals surface area (Å²) in [5.74, 6) is -0.921. The lowest BCUT2D eigenvalue weighted by molar-refractivity contribution is -0.139. The first-order valence-electron chi connectivity index (χ1n) is 12.8. The summed E-state index contributed by atoms with van der Waals surface area (Å²) in [6.07, 6.45) is 2.10. The molecule has 0 bridgehead atoms. The fourth-order valence-corrected chi connectivity index (χ4v) is 5.60. The number of pyridine rings is 1. The zero-order valence-electron chi connectivity index (χ0n) is 21.9. The maximum Gasteiger partial charge on any atom is 0.321 e. The highest BCUT2D eigenvalue weighted by Gasteiger charge is 2.40. The van der Waals surface area contributed by atoms with Gasteiger partial charge in [0, 0.05) is 24.0 Å². The average Bonchev–Trinajstić information content (AvgIpc) is 2.97. The van der Waals surface area contributed by atoms with Crippen LogP contribution in [0.5, 0.6) is 0 Å². The molecule has 0 saturated carbocycles. The third kappa shape index (κ3) is 5.31. The van der Waals surface area contributed by atoms with Crippen LogP contribution in [-0.2, 0) is 16.8 Å². The molecule has 5 rings (SSSR count). The molecule has 0 radical (unpaired) electrons. The molecule has 0 spiro atoms. The van der Waals surface area contributed by atoms with Gasteiger partial charge >= 0.3 is 5.97 Å². The van der Waals surface area contributed by atoms with Crippen molar-refractivity contribution in [3.8, 4) is 0 Å². The standard InChI is InChI=1S/C33H30BrN3O2/c1-37(2)27-21-28-23(18-19-29(34)31(28)35-22-27)20-30(32(38)39)36-33(24-12-6-3-7-13-24,25-14-8-4-9-15-25)26-16-10-5-11-17-26/h3-19,21-22,30,36H,20H2,1-2H3,(H,38,39). The number of halogens is 1. The molecule has 1 aromatic heterocycles. The Morgan fingerprint density at radius 2 is 1.38 bits per heavy atom. The Morgan fingerprint density at radius 1 is 0.872 bits per heavy atom. The van der Waals surface area contributed by atoms with Gasteiger partial charge in [0.25, 0.3) is 0 Å². The molecular weight excluding hydrogens is 550 g/mol. The van der Waals surface area contributed by atoms with Gasteiger partial charge in [-0.3, -0.25) is 15.1 Å². The number of nitrogens with one attached hydrogen (secondary N) is 1. The maximum absolute atomic E-state index is 13.0. The highest BCUT2D eigenvalue weighted by atomic mass is 79.9. The second-order valence-electron chi connectivity index (χ2n) is 9.78. The number of fused-ring (bicyclic) bond motifs is 1. The highest BCUT2D eigenvalue weighted by Crippen LogP contribution is 2.38. The van der Waals surface area contributed by atoms with Gasteiger partial charge in [-0.15, -0.1) is 0 Å². The molecule has 5 nitrogen and oxygen atoms in total. The van der Waals surface area contributed by atoms with E-state index in [9.17, 15) is 9.90 Å². The molecule has 0 amide bonds. The summed E-state index contributed by atoms with van der Waals surface area (Å²) in [7, 11) is 3.94. The first-order chi connectivity index (χ1) is 18.9. The molecule has 0 fully saturated rings. The third-order valence-corrected chi connectivity index (χ3v) is 7.77. The number of hydrogen-bond acceptors (Lipinski definition) is 4. The van der Waals surface area contributed by atoms with Crippen LogP contribution in [0, 0.1) is 0 Å². The molecule has 1 heterocycles. The van der Waals surface area contributed by atoms with Gasteiger partial charge in [0.15, 0.2) is 0 Å². The predicted molar refractivity (Wildman–Crippen MR) is 161 cm³/mol. The SMILES string of the molecule is CN(C)c1cnc2c(Br)ccc(CC(NC(c3ccccc3)(c3ccccc3)c3ccccc3)C(=O)O)c2c1. The lowest BCUT2D eigenvalue weighted by Gasteiger charge is -2.39. The summed E-state index contributed by atoms with van der Waals surface area (Å²) in [6.45, 7) is 0. The van der Waals surface area contributed by atoms with Crippen molar-refractivity contribution in [2.45, 2.75) is 18.0 Å². The van der Waals surface area contributed by atoms with E-state index in [1.165, 1.54) is 0 Å². The summed E-state index contributed by atoms with van der Waals surface area (Å²) in [6, 6.07) is 35.3. The predicted octanol–water partition coefficient (Wildman–Crippen LogP) is 6.64. The number of benzene rings is 4. The van der Waals surface area contributed by atoms with Crippen LogP contribution in [0.25, 0.3) is 10.9 Å². The quantitative estimate of drug-likeness (QED) is 0.192. The van der Waals surface area contributed by atoms with Crippen LogP contribution in [0.3, 0.4) is 0 Å². The molecule has 0 aliphatic carbocycles. The lowest BCUT2D eigenvalue weighted by Crippen LogP contribution is -2.53. The Morgan fingerprint density at radius 3 is 1.85 bits per heavy atom. The van der Waals surface area contributed by atoms with Crippen molar-refractivity contribution in [3.63, 3.8) is 0 Å². The zero-order valence-corrected chi connectivity index (χ0v) is 23.5. The van der Waals surface area contributed by atoms with Crippen LogP contribution in [-0.4, -0.2) is 36.2 Å². The molecule has 0 saturated heterocycles. The Hall–Kier alpha value is -4.00. The first kappa shape index (κ1) is 26.6. The van der Waals surface area contributed by atoms with Gasteiger partial charge in [-0.05, 0) is 56.7 Å². The Balaban J connectivity index is 1.68. The van der Waals surface area contributed by atoms with Crippen LogP contribution in [0.2, 0.25) is 0 Å². The smallest absolute Gasteiger partial charge is 0.321 e. The normalized spacial score (nSPS) is 12.3. The lowest BCUT2D eigenvalue weighted by atomic mass is 9.76. The number of rotatable bonds is 9. The van der Waals surface area contributed by atoms with E-state index in [1.807, 2.05) is 128 Å². The summed E-state index contributed by atoms with van der Waals surface area (Å²) >= 11 is 3.62. The number of aromatic nitrogens is 1. The number of nitrogens with zero attached hydrogens (tertiary/aromatic N) is 2. The minimum Gasteiger partial charge on any atom is -0.480 e. The number of hydrogen-bond donors (Lipinski definition) is 2. The van der Waals surface area contributed by atoms with Crippen molar-refractivity contribution in [2.75, 3.05) is 19.0 Å². The fourth-order valence-electron chi connectivity index (χ4n) is 5.15. The van der Waals surface area contributed by atoms with E-state index in [-0.39, 0.29) is 6.42 Å². The molecule has 0 aliphatic rings. The van der Waals surface area contributed by atoms with Crippen LogP contribution < -0.4 is 10.2 Å². The van der Waals surface area contributed by atoms with E-state index in [0.717, 1.165) is 43.3 Å². The first-order valence-corrected chi connectivity index (χ1v) is 13.6. The number of carboxylic acids is 1. The van der Waals surface area contributed by atoms with Crippen molar-refractivity contribution in [1.29, 1.82) is 0 Å². The van der Waals surface area contributed by atoms with Crippen molar-refractivity contribution < 1.29 is 9.90 Å². The second-order valence-corrected chi connectivity index (χ2v) is 10.6. The van der Waals surface area contributed by atoms with Gasteiger partial charge in [0.05, 0.1) is 22.9 Å². The molecule has 1 atom stereocenters. The number of aliphatic carboxylic acids is 1. The van der Waals surface area contributed by atoms with Crippen molar-refractivity contribution in [2.24, 2.45) is 0 Å². The molecule has 0 aliphatic heterocycles. The van der Waals surface area contributed by atoms with E-state index in [0.29, 0.717) is 0 Å². The topological polar surface area (TPSA) is 65.5 Å². The number of carboxylic acid groups (broad SMARTS) is 1. The summed E-state index contributed by atoms with van der Waals surface area (Å²) in [5.41, 5.74) is 4.66. The van der Waals surface area contributed by atoms with Gasteiger partial charge in [-0.25, -0.2) is 0 Å². The summed E-state index contributed by atoms with van der Waals surface area (Å²) in [4.78, 5) is 19.6. The average molecular weight is 581 g/mol. The van der Waals surface area contributed by atoms with Crippen molar-refractivity contribution in [3.05, 3.63) is 142 Å². The molecular formula is C33H30BrN3O2. The van der Waals surface area contributed by atoms with Gasteiger partial charge in [-0.2, -0.15) is 0 Å². The highest BCUT2D eigenvalue weighted by molar-refractivity contribution is 9.10. The van der Waals surface area contributed by atoms with E-state index < -0.39 is 17.6 Å². The van der Waals surface area contributed by atoms with Crippen LogP contribution in [0.1, 0.15) is 22.3 Å². The van der Waals surface area contributed by atoms with Crippen LogP contribution in [0.15, 0.2) is 120 Å². The Kier molecular flexibility index (Phi) is 7.77. The van der Waals surface area contributed by atoms with Gasteiger partial charge in [0.2, 0.25) is 0 Å². The van der Waals surface area contributed by atoms with Crippen LogP contribution >= 0.6 is 15.9 Å². The molecule has 2 N–H and O–H groups in total. The fraction of sp³-hybridized carbons (Fsp3) is 0.152. The minimum absolute atomic E-state index is 0.270. The Bertz CT molecular complexity index is 1480.